The number of carbonyl (C=O) groups excluding carboxylic acids is 1. The van der Waals surface area contributed by atoms with Crippen LogP contribution in [-0.2, 0) is 6.73 Å². The van der Waals surface area contributed by atoms with Crippen LogP contribution in [0, 0.1) is 15.9 Å². The van der Waals surface area contributed by atoms with Crippen LogP contribution < -0.4 is 19.5 Å². The molecule has 1 N–H and O–H groups in total. The maximum atomic E-state index is 13.0. The highest BCUT2D eigenvalue weighted by Gasteiger charge is 2.16. The first-order valence-electron chi connectivity index (χ1n) is 10.2. The van der Waals surface area contributed by atoms with E-state index in [1.807, 2.05) is 0 Å². The summed E-state index contributed by atoms with van der Waals surface area (Å²) in [5, 5.41) is 18.1. The molecule has 178 valence electrons. The fourth-order valence-corrected chi connectivity index (χ4v) is 3.02. The number of nitro groups is 1. The quantitative estimate of drug-likeness (QED) is 0.265. The average molecular weight is 478 g/mol. The van der Waals surface area contributed by atoms with Crippen molar-refractivity contribution in [3.05, 3.63) is 101 Å². The summed E-state index contributed by atoms with van der Waals surface area (Å²) >= 11 is 0. The fourth-order valence-electron chi connectivity index (χ4n) is 3.02. The second-order valence-electron chi connectivity index (χ2n) is 7.17. The van der Waals surface area contributed by atoms with Crippen LogP contribution in [0.5, 0.6) is 23.0 Å². The van der Waals surface area contributed by atoms with Crippen molar-refractivity contribution in [2.45, 2.75) is 6.73 Å². The van der Waals surface area contributed by atoms with Crippen LogP contribution in [0.3, 0.4) is 0 Å². The number of amides is 1. The van der Waals surface area contributed by atoms with Crippen LogP contribution in [0.4, 0.5) is 15.8 Å². The Bertz CT molecular complexity index is 1340. The number of nitrogens with zero attached hydrogens (tertiary/aromatic N) is 3. The molecule has 4 aromatic rings. The minimum Gasteiger partial charge on any atom is -0.497 e. The summed E-state index contributed by atoms with van der Waals surface area (Å²) in [5.74, 6) is 0.706. The highest BCUT2D eigenvalue weighted by Crippen LogP contribution is 2.30. The molecule has 1 heterocycles. The van der Waals surface area contributed by atoms with E-state index in [4.69, 9.17) is 14.2 Å². The second-order valence-corrected chi connectivity index (χ2v) is 7.17. The summed E-state index contributed by atoms with van der Waals surface area (Å²) in [5.41, 5.74) is -0.0359. The van der Waals surface area contributed by atoms with Gasteiger partial charge in [-0.1, -0.05) is 0 Å². The Balaban J connectivity index is 1.45. The zero-order chi connectivity index (χ0) is 24.8. The van der Waals surface area contributed by atoms with Crippen molar-refractivity contribution < 1.29 is 28.3 Å². The summed E-state index contributed by atoms with van der Waals surface area (Å²) in [4.78, 5) is 23.5. The molecule has 0 bridgehead atoms. The molecule has 0 radical (unpaired) electrons. The molecule has 11 heteroatoms. The van der Waals surface area contributed by atoms with Gasteiger partial charge < -0.3 is 19.5 Å². The number of nitro benzene ring substituents is 1. The molecule has 0 saturated heterocycles. The molecule has 0 fully saturated rings. The minimum atomic E-state index is -0.585. The van der Waals surface area contributed by atoms with E-state index < -0.39 is 10.8 Å². The number of rotatable bonds is 9. The summed E-state index contributed by atoms with van der Waals surface area (Å²) in [6, 6.07) is 17.5. The summed E-state index contributed by atoms with van der Waals surface area (Å²) < 4.78 is 30.7. The molecular weight excluding hydrogens is 459 g/mol. The Hall–Kier alpha value is -4.93. The van der Waals surface area contributed by atoms with E-state index in [1.54, 1.807) is 24.3 Å². The van der Waals surface area contributed by atoms with Crippen LogP contribution in [0.1, 0.15) is 10.5 Å². The van der Waals surface area contributed by atoms with Crippen LogP contribution in [0.25, 0.3) is 0 Å². The first-order valence-corrected chi connectivity index (χ1v) is 10.2. The Morgan fingerprint density at radius 2 is 1.69 bits per heavy atom. The Kier molecular flexibility index (Phi) is 6.86. The Labute approximate surface area is 198 Å². The number of aromatic nitrogens is 2. The van der Waals surface area contributed by atoms with Gasteiger partial charge in [-0.2, -0.15) is 5.10 Å². The summed E-state index contributed by atoms with van der Waals surface area (Å²) in [6.07, 6.45) is 1.53. The lowest BCUT2D eigenvalue weighted by atomic mass is 10.2. The molecule has 1 aromatic heterocycles. The van der Waals surface area contributed by atoms with Gasteiger partial charge in [-0.25, -0.2) is 9.07 Å². The van der Waals surface area contributed by atoms with Crippen LogP contribution >= 0.6 is 0 Å². The van der Waals surface area contributed by atoms with E-state index in [1.165, 1.54) is 66.5 Å². The average Bonchev–Trinajstić information content (AvgIpc) is 3.33. The first kappa shape index (κ1) is 23.2. The molecule has 35 heavy (non-hydrogen) atoms. The van der Waals surface area contributed by atoms with E-state index >= 15 is 0 Å². The van der Waals surface area contributed by atoms with Crippen LogP contribution in [0.2, 0.25) is 0 Å². The minimum absolute atomic E-state index is 0.00439. The zero-order valence-corrected chi connectivity index (χ0v) is 18.4. The van der Waals surface area contributed by atoms with Gasteiger partial charge in [0.05, 0.1) is 23.8 Å². The van der Waals surface area contributed by atoms with E-state index in [0.717, 1.165) is 0 Å². The molecule has 0 unspecified atom stereocenters. The summed E-state index contributed by atoms with van der Waals surface area (Å²) in [7, 11) is 1.53. The Morgan fingerprint density at radius 3 is 2.37 bits per heavy atom. The summed E-state index contributed by atoms with van der Waals surface area (Å²) in [6.45, 7) is -0.00439. The number of carbonyl (C=O) groups is 1. The normalized spacial score (nSPS) is 10.5. The number of anilines is 1. The number of ether oxygens (including phenoxy) is 3. The van der Waals surface area contributed by atoms with Gasteiger partial charge in [-0.15, -0.1) is 0 Å². The molecule has 0 spiro atoms. The largest absolute Gasteiger partial charge is 0.497 e. The molecule has 0 atom stereocenters. The third kappa shape index (κ3) is 6.11. The predicted molar refractivity (Wildman–Crippen MR) is 123 cm³/mol. The number of methoxy groups -OCH3 is 1. The molecule has 10 nitrogen and oxygen atoms in total. The van der Waals surface area contributed by atoms with E-state index in [2.05, 4.69) is 10.4 Å². The number of hydrogen-bond acceptors (Lipinski definition) is 7. The maximum Gasteiger partial charge on any atom is 0.276 e. The molecule has 0 aliphatic carbocycles. The number of nitrogens with one attached hydrogen (secondary N) is 1. The third-order valence-corrected chi connectivity index (χ3v) is 4.71. The molecule has 4 rings (SSSR count). The number of non-ortho nitro benzene ring substituents is 1. The van der Waals surface area contributed by atoms with Gasteiger partial charge in [-0.3, -0.25) is 14.9 Å². The third-order valence-electron chi connectivity index (χ3n) is 4.71. The van der Waals surface area contributed by atoms with Crippen molar-refractivity contribution in [1.29, 1.82) is 0 Å². The maximum absolute atomic E-state index is 13.0. The van der Waals surface area contributed by atoms with E-state index in [-0.39, 0.29) is 35.4 Å². The zero-order valence-electron chi connectivity index (χ0n) is 18.4. The highest BCUT2D eigenvalue weighted by molar-refractivity contribution is 6.03. The van der Waals surface area contributed by atoms with E-state index in [9.17, 15) is 19.3 Å². The van der Waals surface area contributed by atoms with Crippen LogP contribution in [0.15, 0.2) is 79.0 Å². The fraction of sp³-hybridized carbons (Fsp3) is 0.0833. The van der Waals surface area contributed by atoms with Crippen molar-refractivity contribution in [3.63, 3.8) is 0 Å². The lowest BCUT2D eigenvalue weighted by Crippen LogP contribution is -2.14. The molecular formula is C24H19FN4O6. The Morgan fingerprint density at radius 1 is 1.00 bits per heavy atom. The van der Waals surface area contributed by atoms with E-state index in [0.29, 0.717) is 17.2 Å². The topological polar surface area (TPSA) is 118 Å². The van der Waals surface area contributed by atoms with Gasteiger partial charge in [-0.05, 0) is 54.6 Å². The van der Waals surface area contributed by atoms with Crippen molar-refractivity contribution in [3.8, 4) is 23.0 Å². The lowest BCUT2D eigenvalue weighted by molar-refractivity contribution is -0.384. The molecule has 0 saturated carbocycles. The van der Waals surface area contributed by atoms with Gasteiger partial charge in [0.25, 0.3) is 11.6 Å². The van der Waals surface area contributed by atoms with Crippen molar-refractivity contribution in [1.82, 2.24) is 9.78 Å². The van der Waals surface area contributed by atoms with Gasteiger partial charge in [0, 0.05) is 18.3 Å². The van der Waals surface area contributed by atoms with Crippen LogP contribution in [-0.4, -0.2) is 27.7 Å². The SMILES string of the molecule is COc1ccc(Oc2cc(NC(=O)c3ccn(COc4ccc(F)cc4)n3)cc([N+](=O)[O-])c2)cc1. The number of hydrogen-bond donors (Lipinski definition) is 1. The second kappa shape index (κ2) is 10.3. The standard InChI is InChI=1S/C24H19FN4O6/c1-33-19-6-8-21(9-7-19)35-22-13-17(12-18(14-22)29(31)32)26-24(30)23-10-11-28(27-23)15-34-20-4-2-16(25)3-5-20/h2-14H,15H2,1H3,(H,26,30). The predicted octanol–water partition coefficient (Wildman–Crippen LogP) is 5.02. The smallest absolute Gasteiger partial charge is 0.276 e. The van der Waals surface area contributed by atoms with Crippen molar-refractivity contribution in [2.75, 3.05) is 12.4 Å². The monoisotopic (exact) mass is 478 g/mol. The van der Waals surface area contributed by atoms with Gasteiger partial charge in [0.1, 0.15) is 28.8 Å². The molecule has 3 aromatic carbocycles. The lowest BCUT2D eigenvalue weighted by Gasteiger charge is -2.09. The van der Waals surface area contributed by atoms with Gasteiger partial charge in [0.2, 0.25) is 0 Å². The molecule has 0 aliphatic heterocycles. The number of halogens is 1. The number of benzene rings is 3. The highest BCUT2D eigenvalue weighted by atomic mass is 19.1. The van der Waals surface area contributed by atoms with Gasteiger partial charge >= 0.3 is 0 Å². The first-order chi connectivity index (χ1) is 16.9. The van der Waals surface area contributed by atoms with Crippen molar-refractivity contribution >= 4 is 17.3 Å². The van der Waals surface area contributed by atoms with Gasteiger partial charge in [0.15, 0.2) is 12.4 Å². The van der Waals surface area contributed by atoms with Crippen molar-refractivity contribution in [2.24, 2.45) is 0 Å². The molecule has 1 amide bonds. The molecule has 0 aliphatic rings.